The van der Waals surface area contributed by atoms with Crippen molar-refractivity contribution in [2.75, 3.05) is 25.6 Å². The van der Waals surface area contributed by atoms with Gasteiger partial charge in [-0.15, -0.1) is 0 Å². The number of likely N-dealkylation sites (N-methyl/N-ethyl adjacent to an activating group) is 1. The van der Waals surface area contributed by atoms with Gasteiger partial charge in [0.2, 0.25) is 17.7 Å². The van der Waals surface area contributed by atoms with Crippen LogP contribution in [0.3, 0.4) is 0 Å². The second kappa shape index (κ2) is 16.6. The molecule has 1 heterocycles. The van der Waals surface area contributed by atoms with Crippen molar-refractivity contribution in [2.24, 2.45) is 0 Å². The number of rotatable bonds is 13. The molecular formula is C41H43BF2N4O6. The topological polar surface area (TPSA) is 121 Å². The van der Waals surface area contributed by atoms with E-state index in [0.717, 1.165) is 23.7 Å². The van der Waals surface area contributed by atoms with Crippen LogP contribution in [0.2, 0.25) is 0 Å². The first kappa shape index (κ1) is 39.6. The molecule has 10 nitrogen and oxygen atoms in total. The smallest absolute Gasteiger partial charge is 0.494 e. The van der Waals surface area contributed by atoms with Gasteiger partial charge >= 0.3 is 7.12 Å². The molecule has 54 heavy (non-hydrogen) atoms. The number of hydrogen-bond acceptors (Lipinski definition) is 7. The lowest BCUT2D eigenvalue weighted by molar-refractivity contribution is -0.136. The Morgan fingerprint density at radius 1 is 0.852 bits per heavy atom. The largest absolute Gasteiger partial charge is 0.497 e. The summed E-state index contributed by atoms with van der Waals surface area (Å²) in [6.45, 7) is 7.48. The van der Waals surface area contributed by atoms with Gasteiger partial charge in [-0.2, -0.15) is 5.26 Å². The molecule has 3 amide bonds. The van der Waals surface area contributed by atoms with Gasteiger partial charge in [-0.25, -0.2) is 8.78 Å². The Morgan fingerprint density at radius 2 is 1.43 bits per heavy atom. The highest BCUT2D eigenvalue weighted by Gasteiger charge is 2.51. The Hall–Kier alpha value is -5.58. The van der Waals surface area contributed by atoms with Gasteiger partial charge in [0.05, 0.1) is 42.9 Å². The maximum Gasteiger partial charge on any atom is 0.494 e. The van der Waals surface area contributed by atoms with Crippen molar-refractivity contribution in [3.8, 4) is 11.8 Å². The third kappa shape index (κ3) is 9.69. The second-order valence-corrected chi connectivity index (χ2v) is 14.3. The molecule has 4 aromatic carbocycles. The SMILES string of the molecule is COc1ccc(N(C)C(=O)[C@H](Cc2cc(F)cc(F)c2)NC(=O)CN(Cc2ccc(C#N)cc2)C(=O)Cc2ccc(B3OC(C)(C)C(C)(C)O3)cc2)cc1. The Bertz CT molecular complexity index is 1980. The first-order valence-electron chi connectivity index (χ1n) is 17.4. The third-order valence-corrected chi connectivity index (χ3v) is 9.79. The van der Waals surface area contributed by atoms with Crippen molar-refractivity contribution in [1.29, 1.82) is 5.26 Å². The number of ether oxygens (including phenoxy) is 1. The van der Waals surface area contributed by atoms with Crippen LogP contribution in [0.4, 0.5) is 14.5 Å². The van der Waals surface area contributed by atoms with E-state index in [-0.39, 0.29) is 30.9 Å². The maximum atomic E-state index is 14.2. The van der Waals surface area contributed by atoms with Crippen LogP contribution in [-0.4, -0.2) is 67.7 Å². The highest BCUT2D eigenvalue weighted by Crippen LogP contribution is 2.36. The summed E-state index contributed by atoms with van der Waals surface area (Å²) in [6.07, 6.45) is -0.267. The molecule has 0 saturated carbocycles. The van der Waals surface area contributed by atoms with E-state index < -0.39 is 54.4 Å². The van der Waals surface area contributed by atoms with E-state index in [4.69, 9.17) is 14.0 Å². The molecule has 0 radical (unpaired) electrons. The van der Waals surface area contributed by atoms with E-state index >= 15 is 0 Å². The average molecular weight is 737 g/mol. The second-order valence-electron chi connectivity index (χ2n) is 14.3. The van der Waals surface area contributed by atoms with Crippen LogP contribution in [0.25, 0.3) is 0 Å². The highest BCUT2D eigenvalue weighted by atomic mass is 19.1. The van der Waals surface area contributed by atoms with E-state index in [1.807, 2.05) is 39.8 Å². The molecule has 1 aliphatic rings. The van der Waals surface area contributed by atoms with Gasteiger partial charge in [-0.3, -0.25) is 14.4 Å². The number of benzene rings is 4. The number of carbonyl (C=O) groups is 3. The normalized spacial score (nSPS) is 14.8. The van der Waals surface area contributed by atoms with Crippen LogP contribution in [0.15, 0.2) is 91.0 Å². The molecule has 1 N–H and O–H groups in total. The molecule has 0 unspecified atom stereocenters. The number of anilines is 1. The zero-order valence-corrected chi connectivity index (χ0v) is 31.2. The number of nitrogens with zero attached hydrogens (tertiary/aromatic N) is 3. The predicted molar refractivity (Wildman–Crippen MR) is 201 cm³/mol. The van der Waals surface area contributed by atoms with Crippen LogP contribution >= 0.6 is 0 Å². The molecule has 13 heteroatoms. The molecule has 0 spiro atoms. The Balaban J connectivity index is 1.36. The number of amides is 3. The maximum absolute atomic E-state index is 14.2. The fraction of sp³-hybridized carbons (Fsp3) is 0.317. The summed E-state index contributed by atoms with van der Waals surface area (Å²) in [5.41, 5.74) is 2.22. The van der Waals surface area contributed by atoms with Crippen molar-refractivity contribution in [3.05, 3.63) is 125 Å². The monoisotopic (exact) mass is 736 g/mol. The minimum Gasteiger partial charge on any atom is -0.497 e. The lowest BCUT2D eigenvalue weighted by atomic mass is 9.79. The predicted octanol–water partition coefficient (Wildman–Crippen LogP) is 5.11. The summed E-state index contributed by atoms with van der Waals surface area (Å²) in [4.78, 5) is 44.2. The van der Waals surface area contributed by atoms with Crippen LogP contribution in [0.1, 0.15) is 49.9 Å². The number of nitrogens with one attached hydrogen (secondary N) is 1. The average Bonchev–Trinajstić information content (AvgIpc) is 3.36. The molecule has 4 aromatic rings. The zero-order chi connectivity index (χ0) is 39.2. The number of carbonyl (C=O) groups excluding carboxylic acids is 3. The number of nitriles is 1. The van der Waals surface area contributed by atoms with Crippen LogP contribution < -0.4 is 20.4 Å². The van der Waals surface area contributed by atoms with Gasteiger partial charge in [-0.05, 0) is 98.4 Å². The number of hydrogen-bond donors (Lipinski definition) is 1. The summed E-state index contributed by atoms with van der Waals surface area (Å²) in [5, 5.41) is 12.0. The summed E-state index contributed by atoms with van der Waals surface area (Å²) >= 11 is 0. The highest BCUT2D eigenvalue weighted by molar-refractivity contribution is 6.62. The van der Waals surface area contributed by atoms with E-state index in [1.54, 1.807) is 60.7 Å². The van der Waals surface area contributed by atoms with E-state index in [1.165, 1.54) is 24.0 Å². The number of methoxy groups -OCH3 is 1. The van der Waals surface area contributed by atoms with Gasteiger partial charge in [0.1, 0.15) is 23.4 Å². The zero-order valence-electron chi connectivity index (χ0n) is 31.2. The first-order valence-corrected chi connectivity index (χ1v) is 17.4. The van der Waals surface area contributed by atoms with E-state index in [0.29, 0.717) is 28.1 Å². The molecule has 5 rings (SSSR count). The fourth-order valence-corrected chi connectivity index (χ4v) is 5.94. The van der Waals surface area contributed by atoms with Gasteiger partial charge in [0, 0.05) is 31.8 Å². The minimum atomic E-state index is -1.25. The summed E-state index contributed by atoms with van der Waals surface area (Å²) < 4.78 is 45.9. The number of halogens is 2. The summed E-state index contributed by atoms with van der Waals surface area (Å²) in [6, 6.07) is 24.3. The van der Waals surface area contributed by atoms with Crippen LogP contribution in [0, 0.1) is 23.0 Å². The quantitative estimate of drug-likeness (QED) is 0.190. The molecule has 1 saturated heterocycles. The first-order chi connectivity index (χ1) is 25.6. The molecule has 1 fully saturated rings. The van der Waals surface area contributed by atoms with Gasteiger partial charge in [0.25, 0.3) is 0 Å². The molecule has 1 aliphatic heterocycles. The molecule has 280 valence electrons. The standard InChI is InChI=1S/C41H43BF2N4O6/c1-40(2)41(3,4)54-42(53-40)31-13-11-27(12-14-31)22-38(50)48(25-29-9-7-28(24-45)8-10-29)26-37(49)46-36(21-30-19-32(43)23-33(44)20-30)39(51)47(5)34-15-17-35(52-6)18-16-34/h7-20,23,36H,21-22,25-26H2,1-6H3,(H,46,49)/t36-/m0/s1. The van der Waals surface area contributed by atoms with Gasteiger partial charge in [-0.1, -0.05) is 36.4 Å². The van der Waals surface area contributed by atoms with Crippen molar-refractivity contribution >= 4 is 36.0 Å². The minimum absolute atomic E-state index is 0.0312. The summed E-state index contributed by atoms with van der Waals surface area (Å²) in [7, 11) is 2.47. The van der Waals surface area contributed by atoms with Gasteiger partial charge < -0.3 is 29.2 Å². The third-order valence-electron chi connectivity index (χ3n) is 9.79. The van der Waals surface area contributed by atoms with Crippen molar-refractivity contribution in [1.82, 2.24) is 10.2 Å². The Kier molecular flexibility index (Phi) is 12.2. The summed E-state index contributed by atoms with van der Waals surface area (Å²) in [5.74, 6) is -2.66. The molecular weight excluding hydrogens is 693 g/mol. The van der Waals surface area contributed by atoms with Crippen LogP contribution in [-0.2, 0) is 43.1 Å². The van der Waals surface area contributed by atoms with Crippen molar-refractivity contribution < 1.29 is 37.2 Å². The van der Waals surface area contributed by atoms with Crippen molar-refractivity contribution in [2.45, 2.75) is 64.3 Å². The lowest BCUT2D eigenvalue weighted by Crippen LogP contribution is -2.51. The van der Waals surface area contributed by atoms with E-state index in [9.17, 15) is 28.4 Å². The fourth-order valence-electron chi connectivity index (χ4n) is 5.94. The Morgan fingerprint density at radius 3 is 1.98 bits per heavy atom. The van der Waals surface area contributed by atoms with E-state index in [2.05, 4.69) is 11.4 Å². The molecule has 0 aromatic heterocycles. The molecule has 0 aliphatic carbocycles. The lowest BCUT2D eigenvalue weighted by Gasteiger charge is -2.32. The molecule has 1 atom stereocenters. The van der Waals surface area contributed by atoms with Crippen LogP contribution in [0.5, 0.6) is 5.75 Å². The Labute approximate surface area is 314 Å². The molecule has 0 bridgehead atoms. The van der Waals surface area contributed by atoms with Crippen molar-refractivity contribution in [3.63, 3.8) is 0 Å². The van der Waals surface area contributed by atoms with Gasteiger partial charge in [0.15, 0.2) is 0 Å².